The van der Waals surface area contributed by atoms with Crippen molar-refractivity contribution in [1.82, 2.24) is 0 Å². The van der Waals surface area contributed by atoms with Crippen molar-refractivity contribution < 1.29 is 29.6 Å². The Hall–Kier alpha value is -2.81. The molecule has 0 saturated carbocycles. The van der Waals surface area contributed by atoms with Crippen molar-refractivity contribution >= 4 is 17.3 Å². The predicted molar refractivity (Wildman–Crippen MR) is 144 cm³/mol. The lowest BCUT2D eigenvalue weighted by Gasteiger charge is -2.30. The van der Waals surface area contributed by atoms with E-state index in [9.17, 15) is 20.1 Å². The zero-order valence-electron chi connectivity index (χ0n) is 22.7. The Bertz CT molecular complexity index is 1160. The summed E-state index contributed by atoms with van der Waals surface area (Å²) < 4.78 is 11.9. The van der Waals surface area contributed by atoms with E-state index in [1.54, 1.807) is 19.1 Å². The number of anilines is 2. The lowest BCUT2D eigenvalue weighted by atomic mass is 9.88. The first-order chi connectivity index (χ1) is 17.2. The summed E-state index contributed by atoms with van der Waals surface area (Å²) in [4.78, 5) is 15.3. The molecule has 1 fully saturated rings. The molecule has 1 aromatic carbocycles. The molecule has 3 atom stereocenters. The first-order valence-corrected chi connectivity index (χ1v) is 13.0. The Morgan fingerprint density at radius 3 is 2.73 bits per heavy atom. The molecule has 4 rings (SSSR count). The van der Waals surface area contributed by atoms with Crippen molar-refractivity contribution in [3.8, 4) is 11.5 Å². The van der Waals surface area contributed by atoms with Crippen molar-refractivity contribution in [2.45, 2.75) is 90.1 Å². The van der Waals surface area contributed by atoms with Crippen LogP contribution in [0.25, 0.3) is 0 Å². The molecule has 2 aliphatic heterocycles. The maximum atomic E-state index is 13.7. The van der Waals surface area contributed by atoms with E-state index in [0.29, 0.717) is 30.0 Å². The van der Waals surface area contributed by atoms with E-state index < -0.39 is 5.60 Å². The highest BCUT2D eigenvalue weighted by Crippen LogP contribution is 2.47. The molecule has 3 unspecified atom stereocenters. The van der Waals surface area contributed by atoms with Crippen molar-refractivity contribution in [2.75, 3.05) is 23.4 Å². The third-order valence-corrected chi connectivity index (χ3v) is 7.25. The van der Waals surface area contributed by atoms with Gasteiger partial charge in [0.2, 0.25) is 0 Å². The maximum absolute atomic E-state index is 13.7. The van der Waals surface area contributed by atoms with Crippen molar-refractivity contribution in [1.29, 1.82) is 0 Å². The Kier molecular flexibility index (Phi) is 7.22. The van der Waals surface area contributed by atoms with Gasteiger partial charge < -0.3 is 35.0 Å². The highest BCUT2D eigenvalue weighted by Gasteiger charge is 2.53. The Morgan fingerprint density at radius 2 is 2.03 bits per heavy atom. The molecule has 1 saturated heterocycles. The number of aromatic hydroxyl groups is 2. The normalized spacial score (nSPS) is 27.5. The second-order valence-corrected chi connectivity index (χ2v) is 11.8. The van der Waals surface area contributed by atoms with E-state index in [1.807, 2.05) is 27.7 Å². The smallest absolute Gasteiger partial charge is 0.260 e. The molecule has 3 aliphatic rings. The molecule has 8 heteroatoms. The number of benzene rings is 1. The van der Waals surface area contributed by atoms with Crippen LogP contribution in [-0.4, -0.2) is 57.3 Å². The van der Waals surface area contributed by atoms with Gasteiger partial charge in [-0.2, -0.15) is 0 Å². The van der Waals surface area contributed by atoms with Gasteiger partial charge in [-0.25, -0.2) is 0 Å². The Balaban J connectivity index is 1.49. The lowest BCUT2D eigenvalue weighted by molar-refractivity contribution is -0.115. The first-order valence-electron chi connectivity index (χ1n) is 13.0. The zero-order valence-corrected chi connectivity index (χ0v) is 22.7. The van der Waals surface area contributed by atoms with Crippen LogP contribution in [0, 0.1) is 0 Å². The van der Waals surface area contributed by atoms with Gasteiger partial charge in [0.05, 0.1) is 41.3 Å². The van der Waals surface area contributed by atoms with Crippen LogP contribution < -0.4 is 10.2 Å². The fourth-order valence-electron chi connectivity index (χ4n) is 4.89. The second kappa shape index (κ2) is 9.82. The van der Waals surface area contributed by atoms with Gasteiger partial charge >= 0.3 is 0 Å². The minimum atomic E-state index is -1.30. The monoisotopic (exact) mass is 512 g/mol. The van der Waals surface area contributed by atoms with Gasteiger partial charge in [-0.3, -0.25) is 4.79 Å². The number of carbonyl (C=O) groups excluding carboxylic acids is 1. The molecule has 0 aromatic heterocycles. The van der Waals surface area contributed by atoms with Gasteiger partial charge in [0.25, 0.3) is 5.91 Å². The molecular formula is C29H40N2O6. The number of fused-ring (bicyclic) bond motifs is 1. The van der Waals surface area contributed by atoms with Gasteiger partial charge in [-0.15, -0.1) is 0 Å². The molecule has 2 heterocycles. The number of allylic oxidation sites excluding steroid dienone is 1. The zero-order chi connectivity index (χ0) is 27.2. The number of hydrogen-bond acceptors (Lipinski definition) is 7. The average molecular weight is 513 g/mol. The van der Waals surface area contributed by atoms with E-state index in [-0.39, 0.29) is 46.9 Å². The summed E-state index contributed by atoms with van der Waals surface area (Å²) in [5.74, 6) is -0.689. The van der Waals surface area contributed by atoms with Crippen LogP contribution in [0.1, 0.15) is 67.2 Å². The molecule has 4 N–H and O–H groups in total. The molecule has 0 radical (unpaired) electrons. The van der Waals surface area contributed by atoms with Gasteiger partial charge in [0.15, 0.2) is 0 Å². The van der Waals surface area contributed by atoms with E-state index in [1.165, 1.54) is 22.6 Å². The summed E-state index contributed by atoms with van der Waals surface area (Å²) in [6, 6.07) is 2.66. The number of phenolic OH excluding ortho intramolecular Hbond substituents is 2. The van der Waals surface area contributed by atoms with E-state index in [4.69, 9.17) is 9.47 Å². The number of ether oxygens (including phenoxy) is 2. The van der Waals surface area contributed by atoms with Crippen LogP contribution in [0.5, 0.6) is 11.5 Å². The number of nitrogens with one attached hydrogen (secondary N) is 1. The number of carbonyl (C=O) groups is 1. The number of nitrogens with zero attached hydrogens (tertiary/aromatic N) is 1. The molecule has 8 nitrogen and oxygen atoms in total. The third kappa shape index (κ3) is 6.03. The molecule has 0 bridgehead atoms. The van der Waals surface area contributed by atoms with Crippen molar-refractivity contribution in [2.24, 2.45) is 0 Å². The average Bonchev–Trinajstić information content (AvgIpc) is 3.43. The van der Waals surface area contributed by atoms with Crippen LogP contribution in [0.3, 0.4) is 0 Å². The topological polar surface area (TPSA) is 115 Å². The quantitative estimate of drug-likeness (QED) is 0.169. The number of hydrogen-bond donors (Lipinski definition) is 4. The highest BCUT2D eigenvalue weighted by atomic mass is 16.6. The summed E-state index contributed by atoms with van der Waals surface area (Å²) in [7, 11) is 0. The fourth-order valence-corrected chi connectivity index (χ4v) is 4.89. The Morgan fingerprint density at radius 1 is 1.30 bits per heavy atom. The van der Waals surface area contributed by atoms with Crippen LogP contribution in [-0.2, 0) is 14.3 Å². The van der Waals surface area contributed by atoms with E-state index in [2.05, 4.69) is 18.3 Å². The summed E-state index contributed by atoms with van der Waals surface area (Å²) >= 11 is 0. The van der Waals surface area contributed by atoms with Gasteiger partial charge in [-0.05, 0) is 67.2 Å². The Labute approximate surface area is 219 Å². The summed E-state index contributed by atoms with van der Waals surface area (Å²) in [6.45, 7) is 12.9. The molecule has 0 spiro atoms. The molecular weight excluding hydrogens is 472 g/mol. The second-order valence-electron chi connectivity index (χ2n) is 11.8. The molecule has 37 heavy (non-hydrogen) atoms. The van der Waals surface area contributed by atoms with Crippen LogP contribution in [0.4, 0.5) is 11.4 Å². The van der Waals surface area contributed by atoms with Crippen LogP contribution >= 0.6 is 0 Å². The van der Waals surface area contributed by atoms with Crippen LogP contribution in [0.15, 0.2) is 47.2 Å². The minimum Gasteiger partial charge on any atom is -0.508 e. The van der Waals surface area contributed by atoms with Gasteiger partial charge in [0.1, 0.15) is 28.9 Å². The number of phenols is 2. The highest BCUT2D eigenvalue weighted by molar-refractivity contribution is 6.12. The lowest BCUT2D eigenvalue weighted by Crippen LogP contribution is -2.39. The van der Waals surface area contributed by atoms with Crippen molar-refractivity contribution in [3.05, 3.63) is 47.2 Å². The van der Waals surface area contributed by atoms with E-state index >= 15 is 0 Å². The predicted octanol–water partition coefficient (Wildman–Crippen LogP) is 4.91. The van der Waals surface area contributed by atoms with Crippen molar-refractivity contribution in [3.63, 3.8) is 0 Å². The van der Waals surface area contributed by atoms with Gasteiger partial charge in [-0.1, -0.05) is 23.8 Å². The summed E-state index contributed by atoms with van der Waals surface area (Å²) in [5.41, 5.74) is 0.709. The largest absolute Gasteiger partial charge is 0.508 e. The minimum absolute atomic E-state index is 0.144. The third-order valence-electron chi connectivity index (χ3n) is 7.25. The fraction of sp³-hybridized carbons (Fsp3) is 0.552. The summed E-state index contributed by atoms with van der Waals surface area (Å²) in [6.07, 6.45) is 8.34. The standard InChI is InChI=1S/C29H40N2O6/c1-18(11-14-36-27(2,3)4)9-7-13-29(6)23(37-29)17-31-21-15-19(32)16-22(33)24(21)30-25-20(26(31)34)10-8-12-28(25,5)35/h8-10,15-16,23,30,32-33,35H,7,11-14,17H2,1-6H3/b18-9+. The molecule has 1 aliphatic carbocycles. The number of epoxide rings is 1. The number of aliphatic hydroxyl groups is 1. The van der Waals surface area contributed by atoms with Crippen LogP contribution in [0.2, 0.25) is 0 Å². The molecule has 1 aromatic rings. The maximum Gasteiger partial charge on any atom is 0.260 e. The number of rotatable bonds is 8. The molecule has 1 amide bonds. The molecule has 202 valence electrons. The van der Waals surface area contributed by atoms with Gasteiger partial charge in [0, 0.05) is 12.1 Å². The SMILES string of the molecule is C/C(=C\CCC1(C)OC1CN1C(=O)C2=C(Nc3c(O)cc(O)cc31)C(C)(O)CC=C2)CCOC(C)(C)C. The van der Waals surface area contributed by atoms with E-state index in [0.717, 1.165) is 19.3 Å². The first kappa shape index (κ1) is 27.2. The number of amides is 1. The summed E-state index contributed by atoms with van der Waals surface area (Å²) in [5, 5.41) is 34.9.